The van der Waals surface area contributed by atoms with Crippen LogP contribution in [0.2, 0.25) is 5.02 Å². The Bertz CT molecular complexity index is 468. The Morgan fingerprint density at radius 1 is 1.41 bits per heavy atom. The normalized spacial score (nSPS) is 16.5. The van der Waals surface area contributed by atoms with Gasteiger partial charge in [-0.2, -0.15) is 0 Å². The molecule has 22 heavy (non-hydrogen) atoms. The minimum absolute atomic E-state index is 0. The third-order valence-electron chi connectivity index (χ3n) is 3.45. The van der Waals surface area contributed by atoms with Crippen LogP contribution in [0.1, 0.15) is 6.92 Å². The fraction of sp³-hybridized carbons (Fsp3) is 0.533. The Labute approximate surface area is 142 Å². The zero-order valence-corrected chi connectivity index (χ0v) is 14.3. The van der Waals surface area contributed by atoms with E-state index in [1.165, 1.54) is 0 Å². The number of rotatable bonds is 6. The van der Waals surface area contributed by atoms with Crippen LogP contribution in [0, 0.1) is 0 Å². The van der Waals surface area contributed by atoms with Gasteiger partial charge in [0.2, 0.25) is 0 Å². The lowest BCUT2D eigenvalue weighted by atomic mass is 10.3. The van der Waals surface area contributed by atoms with Crippen molar-refractivity contribution in [1.82, 2.24) is 15.5 Å². The van der Waals surface area contributed by atoms with Crippen molar-refractivity contribution in [3.8, 4) is 5.75 Å². The number of hydrogen-bond donors (Lipinski definition) is 2. The molecule has 1 aliphatic rings. The quantitative estimate of drug-likeness (QED) is 0.819. The first-order valence-electron chi connectivity index (χ1n) is 7.29. The van der Waals surface area contributed by atoms with Crippen LogP contribution < -0.4 is 15.4 Å². The van der Waals surface area contributed by atoms with Gasteiger partial charge in [-0.1, -0.05) is 23.7 Å². The van der Waals surface area contributed by atoms with Gasteiger partial charge < -0.3 is 15.4 Å². The van der Waals surface area contributed by atoms with Crippen LogP contribution in [0.5, 0.6) is 5.75 Å². The molecule has 1 atom stereocenters. The number of benzene rings is 1. The van der Waals surface area contributed by atoms with Crippen molar-refractivity contribution < 1.29 is 9.53 Å². The maximum Gasteiger partial charge on any atom is 0.260 e. The summed E-state index contributed by atoms with van der Waals surface area (Å²) in [5.74, 6) is 0.411. The molecule has 124 valence electrons. The molecular formula is C15H23Cl2N3O2. The number of hydrogen-bond acceptors (Lipinski definition) is 4. The minimum Gasteiger partial charge on any atom is -0.479 e. The van der Waals surface area contributed by atoms with Gasteiger partial charge >= 0.3 is 0 Å². The first-order valence-corrected chi connectivity index (χ1v) is 7.66. The maximum absolute atomic E-state index is 12.0. The fourth-order valence-corrected chi connectivity index (χ4v) is 2.38. The molecular weight excluding hydrogens is 325 g/mol. The molecule has 0 bridgehead atoms. The summed E-state index contributed by atoms with van der Waals surface area (Å²) in [6.07, 6.45) is -0.562. The number of nitrogens with zero attached hydrogens (tertiary/aromatic N) is 1. The third-order valence-corrected chi connectivity index (χ3v) is 3.76. The Morgan fingerprint density at radius 3 is 2.77 bits per heavy atom. The average Bonchev–Trinajstić information content (AvgIpc) is 2.50. The Morgan fingerprint density at radius 2 is 2.09 bits per heavy atom. The number of piperazine rings is 1. The Balaban J connectivity index is 0.00000242. The summed E-state index contributed by atoms with van der Waals surface area (Å²) in [6, 6.07) is 7.16. The predicted molar refractivity (Wildman–Crippen MR) is 91.1 cm³/mol. The van der Waals surface area contributed by atoms with E-state index in [0.717, 1.165) is 32.7 Å². The average molecular weight is 348 g/mol. The molecule has 0 radical (unpaired) electrons. The summed E-state index contributed by atoms with van der Waals surface area (Å²) >= 11 is 6.01. The summed E-state index contributed by atoms with van der Waals surface area (Å²) in [7, 11) is 0. The van der Waals surface area contributed by atoms with Crippen LogP contribution >= 0.6 is 24.0 Å². The molecule has 2 rings (SSSR count). The monoisotopic (exact) mass is 347 g/mol. The zero-order valence-electron chi connectivity index (χ0n) is 12.7. The van der Waals surface area contributed by atoms with Gasteiger partial charge in [-0.15, -0.1) is 12.4 Å². The van der Waals surface area contributed by atoms with Crippen molar-refractivity contribution in [2.24, 2.45) is 0 Å². The highest BCUT2D eigenvalue weighted by molar-refractivity contribution is 6.32. The van der Waals surface area contributed by atoms with Crippen LogP contribution in [-0.4, -0.2) is 56.2 Å². The second-order valence-corrected chi connectivity index (χ2v) is 5.48. The molecule has 0 aromatic heterocycles. The lowest BCUT2D eigenvalue weighted by Crippen LogP contribution is -2.47. The van der Waals surface area contributed by atoms with Gasteiger partial charge in [-0.25, -0.2) is 0 Å². The molecule has 7 heteroatoms. The van der Waals surface area contributed by atoms with Gasteiger partial charge in [-0.3, -0.25) is 9.69 Å². The number of halogens is 2. The van der Waals surface area contributed by atoms with Crippen LogP contribution in [0.3, 0.4) is 0 Å². The molecule has 5 nitrogen and oxygen atoms in total. The van der Waals surface area contributed by atoms with E-state index in [4.69, 9.17) is 16.3 Å². The lowest BCUT2D eigenvalue weighted by Gasteiger charge is -2.27. The summed E-state index contributed by atoms with van der Waals surface area (Å²) in [5.41, 5.74) is 0. The van der Waals surface area contributed by atoms with Gasteiger partial charge in [0.25, 0.3) is 5.91 Å². The number of para-hydroxylation sites is 1. The number of amides is 1. The topological polar surface area (TPSA) is 53.6 Å². The van der Waals surface area contributed by atoms with Gasteiger partial charge in [0.1, 0.15) is 5.75 Å². The number of carbonyl (C=O) groups is 1. The first-order chi connectivity index (χ1) is 10.2. The lowest BCUT2D eigenvalue weighted by molar-refractivity contribution is -0.127. The molecule has 0 spiro atoms. The highest BCUT2D eigenvalue weighted by atomic mass is 35.5. The van der Waals surface area contributed by atoms with Crippen molar-refractivity contribution in [1.29, 1.82) is 0 Å². The SMILES string of the molecule is CC(Oc1ccccc1Cl)C(=O)NCCN1CCNCC1.Cl. The van der Waals surface area contributed by atoms with E-state index in [1.807, 2.05) is 12.1 Å². The molecule has 1 amide bonds. The summed E-state index contributed by atoms with van der Waals surface area (Å²) in [5, 5.41) is 6.72. The van der Waals surface area contributed by atoms with Gasteiger partial charge in [0, 0.05) is 39.3 Å². The van der Waals surface area contributed by atoms with Gasteiger partial charge in [-0.05, 0) is 19.1 Å². The molecule has 2 N–H and O–H groups in total. The van der Waals surface area contributed by atoms with E-state index < -0.39 is 6.10 Å². The highest BCUT2D eigenvalue weighted by Crippen LogP contribution is 2.24. The molecule has 1 aromatic carbocycles. The van der Waals surface area contributed by atoms with Crippen molar-refractivity contribution >= 4 is 29.9 Å². The van der Waals surface area contributed by atoms with E-state index in [-0.39, 0.29) is 18.3 Å². The fourth-order valence-electron chi connectivity index (χ4n) is 2.20. The first kappa shape index (κ1) is 19.0. The van der Waals surface area contributed by atoms with Crippen molar-refractivity contribution in [2.75, 3.05) is 39.3 Å². The minimum atomic E-state index is -0.562. The van der Waals surface area contributed by atoms with E-state index in [1.54, 1.807) is 19.1 Å². The maximum atomic E-state index is 12.0. The summed E-state index contributed by atoms with van der Waals surface area (Å²) in [4.78, 5) is 14.3. The molecule has 1 saturated heterocycles. The van der Waals surface area contributed by atoms with Crippen LogP contribution in [0.25, 0.3) is 0 Å². The zero-order chi connectivity index (χ0) is 15.1. The Hall–Kier alpha value is -1.01. The Kier molecular flexibility index (Phi) is 8.56. The van der Waals surface area contributed by atoms with E-state index >= 15 is 0 Å². The second-order valence-electron chi connectivity index (χ2n) is 5.07. The number of ether oxygens (including phenoxy) is 1. The summed E-state index contributed by atoms with van der Waals surface area (Å²) < 4.78 is 5.58. The summed E-state index contributed by atoms with van der Waals surface area (Å²) in [6.45, 7) is 7.31. The molecule has 1 aromatic rings. The van der Waals surface area contributed by atoms with E-state index in [0.29, 0.717) is 17.3 Å². The van der Waals surface area contributed by atoms with Gasteiger partial charge in [0.05, 0.1) is 5.02 Å². The van der Waals surface area contributed by atoms with E-state index in [2.05, 4.69) is 15.5 Å². The second kappa shape index (κ2) is 9.90. The third kappa shape index (κ3) is 6.01. The van der Waals surface area contributed by atoms with Crippen LogP contribution in [-0.2, 0) is 4.79 Å². The largest absolute Gasteiger partial charge is 0.479 e. The van der Waals surface area contributed by atoms with Crippen LogP contribution in [0.4, 0.5) is 0 Å². The molecule has 1 aliphatic heterocycles. The molecule has 1 heterocycles. The van der Waals surface area contributed by atoms with Gasteiger partial charge in [0.15, 0.2) is 6.10 Å². The highest BCUT2D eigenvalue weighted by Gasteiger charge is 2.16. The molecule has 0 saturated carbocycles. The number of nitrogens with one attached hydrogen (secondary N) is 2. The smallest absolute Gasteiger partial charge is 0.260 e. The molecule has 1 unspecified atom stereocenters. The molecule has 0 aliphatic carbocycles. The predicted octanol–water partition coefficient (Wildman–Crippen LogP) is 1.55. The standard InChI is InChI=1S/C15H22ClN3O2.ClH/c1-12(21-14-5-3-2-4-13(14)16)15(20)18-8-11-19-9-6-17-7-10-19;/h2-5,12,17H,6-11H2,1H3,(H,18,20);1H. The molecule has 1 fully saturated rings. The van der Waals surface area contributed by atoms with Crippen molar-refractivity contribution in [3.05, 3.63) is 29.3 Å². The number of carbonyl (C=O) groups excluding carboxylic acids is 1. The van der Waals surface area contributed by atoms with Crippen LogP contribution in [0.15, 0.2) is 24.3 Å². The van der Waals surface area contributed by atoms with Crippen molar-refractivity contribution in [2.45, 2.75) is 13.0 Å². The van der Waals surface area contributed by atoms with Crippen molar-refractivity contribution in [3.63, 3.8) is 0 Å². The van der Waals surface area contributed by atoms with E-state index in [9.17, 15) is 4.79 Å².